The smallest absolute Gasteiger partial charge is 0.259 e. The number of thioether (sulfide) groups is 1. The Morgan fingerprint density at radius 2 is 1.80 bits per heavy atom. The topological polar surface area (TPSA) is 54.9 Å². The van der Waals surface area contributed by atoms with Crippen molar-refractivity contribution < 1.29 is 9.18 Å². The first kappa shape index (κ1) is 17.4. The van der Waals surface area contributed by atoms with Crippen LogP contribution in [0.15, 0.2) is 65.7 Å². The van der Waals surface area contributed by atoms with Gasteiger partial charge in [0.15, 0.2) is 5.82 Å². The molecule has 0 unspecified atom stereocenters. The first-order valence-corrected chi connectivity index (χ1v) is 8.75. The summed E-state index contributed by atoms with van der Waals surface area (Å²) < 4.78 is 13.6. The second-order valence-electron chi connectivity index (χ2n) is 5.07. The molecule has 0 atom stereocenters. The van der Waals surface area contributed by atoms with Gasteiger partial charge >= 0.3 is 0 Å². The highest BCUT2D eigenvalue weighted by Crippen LogP contribution is 2.25. The molecule has 3 aromatic rings. The Labute approximate surface area is 153 Å². The van der Waals surface area contributed by atoms with Crippen molar-refractivity contribution in [3.63, 3.8) is 0 Å². The number of aromatic nitrogens is 2. The average Bonchev–Trinajstić information content (AvgIpc) is 2.62. The largest absolute Gasteiger partial charge is 0.305 e. The molecule has 1 aromatic heterocycles. The quantitative estimate of drug-likeness (QED) is 0.652. The van der Waals surface area contributed by atoms with Crippen molar-refractivity contribution in [3.8, 4) is 0 Å². The van der Waals surface area contributed by atoms with Crippen molar-refractivity contribution in [3.05, 3.63) is 82.6 Å². The number of amides is 1. The molecule has 3 rings (SSSR count). The third kappa shape index (κ3) is 4.55. The normalized spacial score (nSPS) is 10.5. The SMILES string of the molecule is O=C(Nc1ccc(SCc2ccccc2Cl)nn1)c1ccccc1F. The second kappa shape index (κ2) is 8.09. The highest BCUT2D eigenvalue weighted by atomic mass is 35.5. The molecule has 7 heteroatoms. The van der Waals surface area contributed by atoms with Crippen LogP contribution in [0, 0.1) is 5.82 Å². The van der Waals surface area contributed by atoms with Crippen LogP contribution in [0.25, 0.3) is 0 Å². The number of benzene rings is 2. The third-order valence-electron chi connectivity index (χ3n) is 3.33. The van der Waals surface area contributed by atoms with Crippen molar-refractivity contribution in [2.24, 2.45) is 0 Å². The zero-order valence-electron chi connectivity index (χ0n) is 12.9. The molecule has 0 radical (unpaired) electrons. The lowest BCUT2D eigenvalue weighted by Crippen LogP contribution is -2.14. The minimum absolute atomic E-state index is 0.0403. The summed E-state index contributed by atoms with van der Waals surface area (Å²) >= 11 is 7.60. The Bertz CT molecular complexity index is 889. The molecule has 0 aliphatic heterocycles. The number of hydrogen-bond acceptors (Lipinski definition) is 4. The zero-order valence-corrected chi connectivity index (χ0v) is 14.5. The van der Waals surface area contributed by atoms with Crippen LogP contribution < -0.4 is 5.32 Å². The predicted molar refractivity (Wildman–Crippen MR) is 97.4 cm³/mol. The van der Waals surface area contributed by atoms with Crippen LogP contribution in [0.1, 0.15) is 15.9 Å². The van der Waals surface area contributed by atoms with Crippen molar-refractivity contribution >= 4 is 35.1 Å². The van der Waals surface area contributed by atoms with Gasteiger partial charge in [-0.1, -0.05) is 53.7 Å². The van der Waals surface area contributed by atoms with Gasteiger partial charge in [-0.25, -0.2) is 4.39 Å². The van der Waals surface area contributed by atoms with Crippen LogP contribution in [0.3, 0.4) is 0 Å². The molecular weight excluding hydrogens is 361 g/mol. The van der Waals surface area contributed by atoms with Gasteiger partial charge < -0.3 is 5.32 Å². The fraction of sp³-hybridized carbons (Fsp3) is 0.0556. The second-order valence-corrected chi connectivity index (χ2v) is 6.47. The van der Waals surface area contributed by atoms with E-state index in [1.54, 1.807) is 18.2 Å². The summed E-state index contributed by atoms with van der Waals surface area (Å²) in [6.07, 6.45) is 0. The van der Waals surface area contributed by atoms with Gasteiger partial charge in [0.25, 0.3) is 5.91 Å². The monoisotopic (exact) mass is 373 g/mol. The number of nitrogens with zero attached hydrogens (tertiary/aromatic N) is 2. The van der Waals surface area contributed by atoms with Crippen LogP contribution in [-0.4, -0.2) is 16.1 Å². The van der Waals surface area contributed by atoms with E-state index < -0.39 is 11.7 Å². The van der Waals surface area contributed by atoms with E-state index in [4.69, 9.17) is 11.6 Å². The maximum atomic E-state index is 13.6. The molecule has 0 saturated carbocycles. The first-order chi connectivity index (χ1) is 12.1. The van der Waals surface area contributed by atoms with Crippen LogP contribution in [0.5, 0.6) is 0 Å². The molecule has 2 aromatic carbocycles. The van der Waals surface area contributed by atoms with Crippen LogP contribution in [-0.2, 0) is 5.75 Å². The number of carbonyl (C=O) groups is 1. The maximum Gasteiger partial charge on any atom is 0.259 e. The Morgan fingerprint density at radius 1 is 1.04 bits per heavy atom. The highest BCUT2D eigenvalue weighted by Gasteiger charge is 2.12. The van der Waals surface area contributed by atoms with Gasteiger partial charge in [-0.05, 0) is 35.9 Å². The molecule has 1 heterocycles. The summed E-state index contributed by atoms with van der Waals surface area (Å²) in [6, 6.07) is 16.7. The Balaban J connectivity index is 1.62. The molecule has 0 fully saturated rings. The molecule has 0 aliphatic carbocycles. The number of rotatable bonds is 5. The number of nitrogens with one attached hydrogen (secondary N) is 1. The van der Waals surface area contributed by atoms with E-state index >= 15 is 0 Å². The highest BCUT2D eigenvalue weighted by molar-refractivity contribution is 7.98. The minimum Gasteiger partial charge on any atom is -0.305 e. The zero-order chi connectivity index (χ0) is 17.6. The van der Waals surface area contributed by atoms with Gasteiger partial charge in [0.05, 0.1) is 5.56 Å². The van der Waals surface area contributed by atoms with Gasteiger partial charge in [0.2, 0.25) is 0 Å². The number of halogens is 2. The lowest BCUT2D eigenvalue weighted by atomic mass is 10.2. The molecule has 4 nitrogen and oxygen atoms in total. The van der Waals surface area contributed by atoms with Gasteiger partial charge in [0.1, 0.15) is 10.8 Å². The third-order valence-corrected chi connectivity index (χ3v) is 4.67. The molecular formula is C18H13ClFN3OS. The molecule has 0 saturated heterocycles. The average molecular weight is 374 g/mol. The van der Waals surface area contributed by atoms with Crippen LogP contribution in [0.2, 0.25) is 5.02 Å². The van der Waals surface area contributed by atoms with Crippen molar-refractivity contribution in [1.82, 2.24) is 10.2 Å². The molecule has 1 N–H and O–H groups in total. The van der Waals surface area contributed by atoms with Crippen LogP contribution in [0.4, 0.5) is 10.2 Å². The summed E-state index contributed by atoms with van der Waals surface area (Å²) in [5, 5.41) is 11.9. The van der Waals surface area contributed by atoms with Gasteiger partial charge in [-0.3, -0.25) is 4.79 Å². The maximum absolute atomic E-state index is 13.6. The lowest BCUT2D eigenvalue weighted by Gasteiger charge is -2.06. The summed E-state index contributed by atoms with van der Waals surface area (Å²) in [5.41, 5.74) is 0.967. The fourth-order valence-electron chi connectivity index (χ4n) is 2.06. The van der Waals surface area contributed by atoms with E-state index in [0.29, 0.717) is 15.8 Å². The van der Waals surface area contributed by atoms with Gasteiger partial charge in [-0.2, -0.15) is 0 Å². The van der Waals surface area contributed by atoms with Crippen molar-refractivity contribution in [1.29, 1.82) is 0 Å². The van der Waals surface area contributed by atoms with Crippen molar-refractivity contribution in [2.45, 2.75) is 10.8 Å². The predicted octanol–water partition coefficient (Wildman–Crippen LogP) is 4.81. The molecule has 25 heavy (non-hydrogen) atoms. The van der Waals surface area contributed by atoms with Gasteiger partial charge in [0, 0.05) is 10.8 Å². The Kier molecular flexibility index (Phi) is 5.63. The fourth-order valence-corrected chi connectivity index (χ4v) is 3.16. The first-order valence-electron chi connectivity index (χ1n) is 7.39. The molecule has 126 valence electrons. The lowest BCUT2D eigenvalue weighted by molar-refractivity contribution is 0.102. The Morgan fingerprint density at radius 3 is 2.52 bits per heavy atom. The molecule has 1 amide bonds. The van der Waals surface area contributed by atoms with E-state index in [0.717, 1.165) is 5.56 Å². The molecule has 0 spiro atoms. The molecule has 0 aliphatic rings. The van der Waals surface area contributed by atoms with E-state index in [2.05, 4.69) is 15.5 Å². The van der Waals surface area contributed by atoms with E-state index in [1.165, 1.54) is 30.0 Å². The Hall–Kier alpha value is -2.44. The van der Waals surface area contributed by atoms with Crippen molar-refractivity contribution in [2.75, 3.05) is 5.32 Å². The summed E-state index contributed by atoms with van der Waals surface area (Å²) in [5.74, 6) is -0.228. The summed E-state index contributed by atoms with van der Waals surface area (Å²) in [4.78, 5) is 12.0. The van der Waals surface area contributed by atoms with E-state index in [1.807, 2.05) is 24.3 Å². The number of anilines is 1. The van der Waals surface area contributed by atoms with E-state index in [-0.39, 0.29) is 11.4 Å². The number of hydrogen-bond donors (Lipinski definition) is 1. The van der Waals surface area contributed by atoms with Crippen LogP contribution >= 0.6 is 23.4 Å². The minimum atomic E-state index is -0.583. The van der Waals surface area contributed by atoms with E-state index in [9.17, 15) is 9.18 Å². The van der Waals surface area contributed by atoms with Gasteiger partial charge in [-0.15, -0.1) is 10.2 Å². The standard InChI is InChI=1S/C18H13ClFN3OS/c19-14-7-3-1-5-12(14)11-25-17-10-9-16(22-23-17)21-18(24)13-6-2-4-8-15(13)20/h1-10H,11H2,(H,21,22,24). The number of carbonyl (C=O) groups excluding carboxylic acids is 1. The molecule has 0 bridgehead atoms. The summed E-state index contributed by atoms with van der Waals surface area (Å²) in [7, 11) is 0. The summed E-state index contributed by atoms with van der Waals surface area (Å²) in [6.45, 7) is 0.